The number of likely N-dealkylation sites (tertiary alicyclic amines) is 1. The fraction of sp³-hybridized carbons (Fsp3) is 0.333. The number of benzene rings is 1. The minimum absolute atomic E-state index is 0.0681. The summed E-state index contributed by atoms with van der Waals surface area (Å²) in [6.07, 6.45) is 6.03. The van der Waals surface area contributed by atoms with E-state index in [1.165, 1.54) is 13.2 Å². The van der Waals surface area contributed by atoms with Crippen molar-refractivity contribution in [1.82, 2.24) is 9.88 Å². The lowest BCUT2D eigenvalue weighted by molar-refractivity contribution is -0.130. The molecule has 174 valence electrons. The molecule has 1 aliphatic heterocycles. The monoisotopic (exact) mass is 452 g/mol. The molecule has 0 saturated carbocycles. The Morgan fingerprint density at radius 2 is 1.94 bits per heavy atom. The van der Waals surface area contributed by atoms with Crippen molar-refractivity contribution < 1.29 is 23.9 Å². The number of primary amides is 1. The van der Waals surface area contributed by atoms with Crippen molar-refractivity contribution in [3.05, 3.63) is 53.7 Å². The lowest BCUT2D eigenvalue weighted by Gasteiger charge is -2.30. The second-order valence-electron chi connectivity index (χ2n) is 7.81. The number of hydrogen-bond acceptors (Lipinski definition) is 6. The van der Waals surface area contributed by atoms with Gasteiger partial charge in [-0.1, -0.05) is 6.07 Å². The molecule has 33 heavy (non-hydrogen) atoms. The van der Waals surface area contributed by atoms with Gasteiger partial charge in [-0.3, -0.25) is 14.4 Å². The van der Waals surface area contributed by atoms with Gasteiger partial charge in [0.25, 0.3) is 5.91 Å². The maximum Gasteiger partial charge on any atom is 0.255 e. The van der Waals surface area contributed by atoms with Crippen LogP contribution in [0.5, 0.6) is 11.5 Å². The molecule has 1 aliphatic rings. The summed E-state index contributed by atoms with van der Waals surface area (Å²) >= 11 is 0. The summed E-state index contributed by atoms with van der Waals surface area (Å²) in [6.45, 7) is 2.70. The molecule has 1 aromatic heterocycles. The number of hydrogen-bond donors (Lipinski definition) is 2. The molecule has 0 atom stereocenters. The van der Waals surface area contributed by atoms with E-state index in [2.05, 4.69) is 10.3 Å². The number of pyridine rings is 1. The molecule has 1 aromatic carbocycles. The first-order valence-electron chi connectivity index (χ1n) is 10.7. The zero-order chi connectivity index (χ0) is 23.8. The van der Waals surface area contributed by atoms with Crippen LogP contribution in [-0.2, 0) is 14.4 Å². The third kappa shape index (κ3) is 6.80. The number of nitrogens with one attached hydrogen (secondary N) is 1. The number of nitrogens with two attached hydrogens (primary N) is 1. The average molecular weight is 453 g/mol. The maximum absolute atomic E-state index is 12.6. The van der Waals surface area contributed by atoms with E-state index in [9.17, 15) is 14.4 Å². The second kappa shape index (κ2) is 11.1. The van der Waals surface area contributed by atoms with Gasteiger partial charge >= 0.3 is 0 Å². The molecular formula is C24H28N4O5. The third-order valence-electron chi connectivity index (χ3n) is 5.32. The number of aromatic nitrogens is 1. The molecule has 3 rings (SSSR count). The molecule has 3 amide bonds. The predicted octanol–water partition coefficient (Wildman–Crippen LogP) is 2.15. The van der Waals surface area contributed by atoms with Gasteiger partial charge in [-0.05, 0) is 61.2 Å². The molecule has 9 heteroatoms. The van der Waals surface area contributed by atoms with Gasteiger partial charge in [0.1, 0.15) is 5.82 Å². The van der Waals surface area contributed by atoms with Gasteiger partial charge in [0.15, 0.2) is 18.1 Å². The molecular weight excluding hydrogens is 424 g/mol. The minimum Gasteiger partial charge on any atom is -0.493 e. The molecule has 2 aromatic rings. The van der Waals surface area contributed by atoms with E-state index >= 15 is 0 Å². The van der Waals surface area contributed by atoms with Crippen LogP contribution in [0, 0.1) is 12.8 Å². The van der Waals surface area contributed by atoms with Crippen molar-refractivity contribution in [2.24, 2.45) is 11.7 Å². The van der Waals surface area contributed by atoms with E-state index < -0.39 is 5.91 Å². The highest BCUT2D eigenvalue weighted by molar-refractivity contribution is 5.93. The lowest BCUT2D eigenvalue weighted by atomic mass is 9.96. The Balaban J connectivity index is 1.52. The zero-order valence-corrected chi connectivity index (χ0v) is 18.7. The van der Waals surface area contributed by atoms with Crippen LogP contribution in [0.3, 0.4) is 0 Å². The number of methoxy groups -OCH3 is 1. The SMILES string of the molecule is COc1cc(C=CC(=O)N2CCC(C(=O)Nc3cc(C)ccn3)CC2)ccc1OCC(N)=O. The average Bonchev–Trinajstić information content (AvgIpc) is 2.81. The van der Waals surface area contributed by atoms with Crippen molar-refractivity contribution in [1.29, 1.82) is 0 Å². The molecule has 0 unspecified atom stereocenters. The molecule has 0 spiro atoms. The van der Waals surface area contributed by atoms with Crippen molar-refractivity contribution in [3.63, 3.8) is 0 Å². The summed E-state index contributed by atoms with van der Waals surface area (Å²) in [6, 6.07) is 8.80. The first-order valence-corrected chi connectivity index (χ1v) is 10.7. The molecule has 1 saturated heterocycles. The van der Waals surface area contributed by atoms with Crippen LogP contribution in [0.2, 0.25) is 0 Å². The molecule has 0 aliphatic carbocycles. The van der Waals surface area contributed by atoms with Crippen LogP contribution < -0.4 is 20.5 Å². The van der Waals surface area contributed by atoms with Gasteiger partial charge in [0.2, 0.25) is 11.8 Å². The summed E-state index contributed by atoms with van der Waals surface area (Å²) in [4.78, 5) is 41.9. The molecule has 9 nitrogen and oxygen atoms in total. The number of amides is 3. The highest BCUT2D eigenvalue weighted by Gasteiger charge is 2.26. The van der Waals surface area contributed by atoms with Crippen LogP contribution in [0.4, 0.5) is 5.82 Å². The summed E-state index contributed by atoms with van der Waals surface area (Å²) in [5, 5.41) is 2.86. The van der Waals surface area contributed by atoms with E-state index in [-0.39, 0.29) is 24.3 Å². The normalized spacial score (nSPS) is 14.2. The number of rotatable bonds is 8. The van der Waals surface area contributed by atoms with Crippen LogP contribution in [-0.4, -0.2) is 54.4 Å². The number of nitrogens with zero attached hydrogens (tertiary/aromatic N) is 2. The Morgan fingerprint density at radius 3 is 2.61 bits per heavy atom. The van der Waals surface area contributed by atoms with Gasteiger partial charge in [-0.15, -0.1) is 0 Å². The summed E-state index contributed by atoms with van der Waals surface area (Å²) in [5.74, 6) is 0.436. The topological polar surface area (TPSA) is 124 Å². The van der Waals surface area contributed by atoms with Crippen LogP contribution >= 0.6 is 0 Å². The Bertz CT molecular complexity index is 1040. The zero-order valence-electron chi connectivity index (χ0n) is 18.7. The molecule has 2 heterocycles. The van der Waals surface area contributed by atoms with Crippen LogP contribution in [0.1, 0.15) is 24.0 Å². The summed E-state index contributed by atoms with van der Waals surface area (Å²) in [7, 11) is 1.49. The Kier molecular flexibility index (Phi) is 8.01. The quantitative estimate of drug-likeness (QED) is 0.592. The molecule has 1 fully saturated rings. The predicted molar refractivity (Wildman–Crippen MR) is 124 cm³/mol. The Hall–Kier alpha value is -3.88. The van der Waals surface area contributed by atoms with Gasteiger partial charge in [-0.2, -0.15) is 0 Å². The summed E-state index contributed by atoms with van der Waals surface area (Å²) in [5.41, 5.74) is 6.86. The smallest absolute Gasteiger partial charge is 0.255 e. The van der Waals surface area contributed by atoms with Gasteiger partial charge in [0, 0.05) is 31.3 Å². The highest BCUT2D eigenvalue weighted by atomic mass is 16.5. The van der Waals surface area contributed by atoms with Crippen molar-refractivity contribution in [2.45, 2.75) is 19.8 Å². The van der Waals surface area contributed by atoms with E-state index in [1.54, 1.807) is 35.4 Å². The molecule has 0 bridgehead atoms. The van der Waals surface area contributed by atoms with Crippen LogP contribution in [0.25, 0.3) is 6.08 Å². The first-order chi connectivity index (χ1) is 15.9. The van der Waals surface area contributed by atoms with E-state index in [1.807, 2.05) is 19.1 Å². The van der Waals surface area contributed by atoms with Crippen LogP contribution in [0.15, 0.2) is 42.6 Å². The number of ether oxygens (including phenoxy) is 2. The number of carbonyl (C=O) groups excluding carboxylic acids is 3. The number of piperidine rings is 1. The van der Waals surface area contributed by atoms with Gasteiger partial charge < -0.3 is 25.4 Å². The fourth-order valence-electron chi connectivity index (χ4n) is 3.52. The number of aryl methyl sites for hydroxylation is 1. The highest BCUT2D eigenvalue weighted by Crippen LogP contribution is 2.28. The van der Waals surface area contributed by atoms with Crippen molar-refractivity contribution in [3.8, 4) is 11.5 Å². The number of anilines is 1. The standard InChI is InChI=1S/C24H28N4O5/c1-16-7-10-26-22(13-16)27-24(31)18-8-11-28(12-9-18)23(30)6-4-17-3-5-19(20(14-17)32-2)33-15-21(25)29/h3-7,10,13-14,18H,8-9,11-12,15H2,1-2H3,(H2,25,29)(H,26,27,31). The first kappa shape index (κ1) is 23.8. The largest absolute Gasteiger partial charge is 0.493 e. The lowest BCUT2D eigenvalue weighted by Crippen LogP contribution is -2.40. The van der Waals surface area contributed by atoms with Crippen molar-refractivity contribution >= 4 is 29.6 Å². The fourth-order valence-corrected chi connectivity index (χ4v) is 3.52. The minimum atomic E-state index is -0.584. The third-order valence-corrected chi connectivity index (χ3v) is 5.32. The van der Waals surface area contributed by atoms with E-state index in [0.717, 1.165) is 11.1 Å². The van der Waals surface area contributed by atoms with E-state index in [0.29, 0.717) is 43.2 Å². The van der Waals surface area contributed by atoms with Gasteiger partial charge in [0.05, 0.1) is 7.11 Å². The Labute approximate surface area is 192 Å². The molecule has 3 N–H and O–H groups in total. The molecule has 0 radical (unpaired) electrons. The second-order valence-corrected chi connectivity index (χ2v) is 7.81. The Morgan fingerprint density at radius 1 is 1.18 bits per heavy atom. The maximum atomic E-state index is 12.6. The number of carbonyl (C=O) groups is 3. The van der Waals surface area contributed by atoms with E-state index in [4.69, 9.17) is 15.2 Å². The van der Waals surface area contributed by atoms with Gasteiger partial charge in [-0.25, -0.2) is 4.98 Å². The summed E-state index contributed by atoms with van der Waals surface area (Å²) < 4.78 is 10.6. The van der Waals surface area contributed by atoms with Crippen molar-refractivity contribution in [2.75, 3.05) is 32.1 Å².